The Morgan fingerprint density at radius 1 is 1.33 bits per heavy atom. The van der Waals surface area contributed by atoms with Crippen LogP contribution in [0, 0.1) is 0 Å². The predicted octanol–water partition coefficient (Wildman–Crippen LogP) is 1.08. The molecule has 0 spiro atoms. The maximum absolute atomic E-state index is 14.4. The lowest BCUT2D eigenvalue weighted by Gasteiger charge is -2.47. The third kappa shape index (κ3) is 3.68. The number of benzene rings is 1. The fourth-order valence-electron chi connectivity index (χ4n) is 2.79. The third-order valence-corrected chi connectivity index (χ3v) is 3.96. The SMILES string of the molecule is C[C@H]1O[C@H](O)[C@H](F)[C@](O)(Cc2ccccc2)[C@H]1NC(=O)C(F)(F)F. The maximum atomic E-state index is 14.4. The number of alkyl halides is 4. The van der Waals surface area contributed by atoms with Gasteiger partial charge in [0.25, 0.3) is 0 Å². The highest BCUT2D eigenvalue weighted by Gasteiger charge is 2.57. The van der Waals surface area contributed by atoms with E-state index in [1.54, 1.807) is 35.6 Å². The van der Waals surface area contributed by atoms with E-state index in [4.69, 9.17) is 4.74 Å². The van der Waals surface area contributed by atoms with E-state index in [0.29, 0.717) is 5.56 Å². The van der Waals surface area contributed by atoms with Gasteiger partial charge < -0.3 is 20.3 Å². The highest BCUT2D eigenvalue weighted by Crippen LogP contribution is 2.34. The molecule has 5 atom stereocenters. The van der Waals surface area contributed by atoms with Crippen molar-refractivity contribution in [3.63, 3.8) is 0 Å². The number of hydrogen-bond acceptors (Lipinski definition) is 4. The fourth-order valence-corrected chi connectivity index (χ4v) is 2.79. The van der Waals surface area contributed by atoms with Crippen LogP contribution in [0.25, 0.3) is 0 Å². The molecule has 1 heterocycles. The van der Waals surface area contributed by atoms with Gasteiger partial charge in [-0.25, -0.2) is 4.39 Å². The number of rotatable bonds is 3. The molecule has 0 bridgehead atoms. The Morgan fingerprint density at radius 2 is 1.92 bits per heavy atom. The summed E-state index contributed by atoms with van der Waals surface area (Å²) in [7, 11) is 0. The molecule has 9 heteroatoms. The van der Waals surface area contributed by atoms with Crippen LogP contribution in [0.5, 0.6) is 0 Å². The van der Waals surface area contributed by atoms with Gasteiger partial charge in [0.1, 0.15) is 5.60 Å². The van der Waals surface area contributed by atoms with Crippen molar-refractivity contribution in [2.45, 2.75) is 49.7 Å². The van der Waals surface area contributed by atoms with Crippen molar-refractivity contribution in [2.24, 2.45) is 0 Å². The van der Waals surface area contributed by atoms with E-state index >= 15 is 0 Å². The summed E-state index contributed by atoms with van der Waals surface area (Å²) >= 11 is 0. The summed E-state index contributed by atoms with van der Waals surface area (Å²) in [6.45, 7) is 1.23. The number of ether oxygens (including phenoxy) is 1. The molecule has 1 aliphatic rings. The molecular weight excluding hydrogens is 334 g/mol. The molecule has 1 aromatic rings. The van der Waals surface area contributed by atoms with Crippen molar-refractivity contribution in [2.75, 3.05) is 0 Å². The molecule has 1 saturated heterocycles. The molecule has 1 fully saturated rings. The summed E-state index contributed by atoms with van der Waals surface area (Å²) in [6.07, 6.45) is -11.3. The van der Waals surface area contributed by atoms with Crippen molar-refractivity contribution in [3.8, 4) is 0 Å². The second kappa shape index (κ2) is 6.66. The van der Waals surface area contributed by atoms with Gasteiger partial charge in [-0.1, -0.05) is 30.3 Å². The first kappa shape index (κ1) is 18.6. The molecule has 0 aliphatic carbocycles. The minimum atomic E-state index is -5.20. The van der Waals surface area contributed by atoms with Crippen LogP contribution >= 0.6 is 0 Å². The summed E-state index contributed by atoms with van der Waals surface area (Å²) in [5, 5.41) is 21.9. The van der Waals surface area contributed by atoms with Crippen molar-refractivity contribution in [1.29, 1.82) is 0 Å². The largest absolute Gasteiger partial charge is 0.471 e. The normalized spacial score (nSPS) is 34.0. The molecule has 1 aliphatic heterocycles. The van der Waals surface area contributed by atoms with Crippen molar-refractivity contribution < 1.29 is 37.3 Å². The summed E-state index contributed by atoms with van der Waals surface area (Å²) in [6, 6.07) is 6.26. The number of carbonyl (C=O) groups is 1. The Kier molecular flexibility index (Phi) is 5.17. The van der Waals surface area contributed by atoms with E-state index in [9.17, 15) is 32.6 Å². The van der Waals surface area contributed by atoms with Gasteiger partial charge in [0.05, 0.1) is 12.1 Å². The van der Waals surface area contributed by atoms with Crippen LogP contribution in [-0.2, 0) is 16.0 Å². The monoisotopic (exact) mass is 351 g/mol. The zero-order valence-electron chi connectivity index (χ0n) is 12.6. The lowest BCUT2D eigenvalue weighted by atomic mass is 9.78. The van der Waals surface area contributed by atoms with E-state index in [0.717, 1.165) is 0 Å². The average Bonchev–Trinajstić information content (AvgIpc) is 2.49. The van der Waals surface area contributed by atoms with Crippen molar-refractivity contribution in [1.82, 2.24) is 5.32 Å². The minimum Gasteiger partial charge on any atom is -0.384 e. The zero-order valence-corrected chi connectivity index (χ0v) is 12.6. The minimum absolute atomic E-state index is 0.414. The standard InChI is InChI=1S/C15H17F4NO4/c1-8-11(20-13(22)15(17,18)19)14(23,10(16)12(21)24-8)7-9-5-3-2-4-6-9/h2-6,8,10-12,21,23H,7H2,1H3,(H,20,22)/t8-,10+,11+,12+,14-/m1/s1. The molecule has 2 rings (SSSR count). The number of halogens is 4. The first-order valence-corrected chi connectivity index (χ1v) is 7.17. The van der Waals surface area contributed by atoms with Crippen LogP contribution in [0.3, 0.4) is 0 Å². The Labute approximate surface area is 135 Å². The van der Waals surface area contributed by atoms with Gasteiger partial charge in [0.15, 0.2) is 12.5 Å². The molecule has 0 radical (unpaired) electrons. The number of aliphatic hydroxyl groups excluding tert-OH is 1. The van der Waals surface area contributed by atoms with E-state index in [1.807, 2.05) is 0 Å². The number of amides is 1. The zero-order chi connectivity index (χ0) is 18.1. The first-order valence-electron chi connectivity index (χ1n) is 7.17. The molecular formula is C15H17F4NO4. The molecule has 1 amide bonds. The maximum Gasteiger partial charge on any atom is 0.471 e. The van der Waals surface area contributed by atoms with E-state index < -0.39 is 48.7 Å². The van der Waals surface area contributed by atoms with E-state index in [-0.39, 0.29) is 0 Å². The molecule has 1 aromatic carbocycles. The lowest BCUT2D eigenvalue weighted by Crippen LogP contribution is -2.71. The van der Waals surface area contributed by atoms with E-state index in [2.05, 4.69) is 0 Å². The lowest BCUT2D eigenvalue weighted by molar-refractivity contribution is -0.269. The molecule has 0 aromatic heterocycles. The van der Waals surface area contributed by atoms with Gasteiger partial charge in [-0.3, -0.25) is 4.79 Å². The fraction of sp³-hybridized carbons (Fsp3) is 0.533. The highest BCUT2D eigenvalue weighted by atomic mass is 19.4. The van der Waals surface area contributed by atoms with Gasteiger partial charge in [0, 0.05) is 6.42 Å². The molecule has 134 valence electrons. The van der Waals surface area contributed by atoms with Gasteiger partial charge in [-0.05, 0) is 12.5 Å². The second-order valence-corrected chi connectivity index (χ2v) is 5.74. The van der Waals surface area contributed by atoms with Gasteiger partial charge >= 0.3 is 12.1 Å². The van der Waals surface area contributed by atoms with Crippen molar-refractivity contribution in [3.05, 3.63) is 35.9 Å². The van der Waals surface area contributed by atoms with Crippen LogP contribution in [0.1, 0.15) is 12.5 Å². The molecule has 24 heavy (non-hydrogen) atoms. The Bertz CT molecular complexity index is 583. The smallest absolute Gasteiger partial charge is 0.384 e. The topological polar surface area (TPSA) is 78.8 Å². The molecule has 3 N–H and O–H groups in total. The number of nitrogens with one attached hydrogen (secondary N) is 1. The van der Waals surface area contributed by atoms with Gasteiger partial charge in [-0.2, -0.15) is 13.2 Å². The summed E-state index contributed by atoms with van der Waals surface area (Å²) < 4.78 is 56.7. The average molecular weight is 351 g/mol. The van der Waals surface area contributed by atoms with E-state index in [1.165, 1.54) is 6.92 Å². The molecule has 5 nitrogen and oxygen atoms in total. The van der Waals surface area contributed by atoms with Gasteiger partial charge in [0.2, 0.25) is 0 Å². The Balaban J connectivity index is 2.34. The molecule has 0 saturated carbocycles. The number of carbonyl (C=O) groups excluding carboxylic acids is 1. The quantitative estimate of drug-likeness (QED) is 0.712. The van der Waals surface area contributed by atoms with Crippen LogP contribution in [0.2, 0.25) is 0 Å². The number of aliphatic hydroxyl groups is 2. The Hall–Kier alpha value is -1.71. The van der Waals surface area contributed by atoms with Crippen LogP contribution in [0.15, 0.2) is 30.3 Å². The van der Waals surface area contributed by atoms with Gasteiger partial charge in [-0.15, -0.1) is 0 Å². The predicted molar refractivity (Wildman–Crippen MR) is 74.5 cm³/mol. The molecule has 0 unspecified atom stereocenters. The third-order valence-electron chi connectivity index (χ3n) is 3.96. The van der Waals surface area contributed by atoms with Crippen LogP contribution in [0.4, 0.5) is 17.6 Å². The van der Waals surface area contributed by atoms with Crippen LogP contribution < -0.4 is 5.32 Å². The summed E-state index contributed by atoms with van der Waals surface area (Å²) in [5.74, 6) is -2.32. The van der Waals surface area contributed by atoms with Crippen molar-refractivity contribution >= 4 is 5.91 Å². The summed E-state index contributed by atoms with van der Waals surface area (Å²) in [4.78, 5) is 11.2. The summed E-state index contributed by atoms with van der Waals surface area (Å²) in [5.41, 5.74) is -2.05. The second-order valence-electron chi connectivity index (χ2n) is 5.74. The van der Waals surface area contributed by atoms with Crippen LogP contribution in [-0.4, -0.2) is 52.5 Å². The first-order chi connectivity index (χ1) is 11.1. The highest BCUT2D eigenvalue weighted by molar-refractivity contribution is 5.82. The Morgan fingerprint density at radius 3 is 2.46 bits per heavy atom. The number of hydrogen-bond donors (Lipinski definition) is 3.